The van der Waals surface area contributed by atoms with Gasteiger partial charge in [0.1, 0.15) is 5.75 Å². The standard InChI is InChI=1S/C24H25N5O3S/c1-3-4-15-33(30,31)29-21-9-5-7-18-17(21)11-10-16(2)22(18)32-23-19(8-6-13-26-23)20-12-14-27-24(25)28-20/h5-14,29H,3-4,15H2,1-2H3,(H2,25,27,28). The summed E-state index contributed by atoms with van der Waals surface area (Å²) in [7, 11) is -3.45. The highest BCUT2D eigenvalue weighted by Crippen LogP contribution is 2.38. The Morgan fingerprint density at radius 3 is 2.64 bits per heavy atom. The van der Waals surface area contributed by atoms with Crippen molar-refractivity contribution in [3.8, 4) is 22.9 Å². The molecule has 33 heavy (non-hydrogen) atoms. The van der Waals surface area contributed by atoms with Crippen molar-refractivity contribution in [2.75, 3.05) is 16.2 Å². The normalized spacial score (nSPS) is 11.5. The zero-order chi connectivity index (χ0) is 23.4. The summed E-state index contributed by atoms with van der Waals surface area (Å²) < 4.78 is 34.0. The number of unbranched alkanes of at least 4 members (excludes halogenated alkanes) is 1. The Morgan fingerprint density at radius 1 is 1.00 bits per heavy atom. The molecule has 0 bridgehead atoms. The van der Waals surface area contributed by atoms with Crippen LogP contribution in [0.25, 0.3) is 22.0 Å². The molecule has 3 N–H and O–H groups in total. The second-order valence-corrected chi connectivity index (χ2v) is 9.49. The molecule has 9 heteroatoms. The summed E-state index contributed by atoms with van der Waals surface area (Å²) >= 11 is 0. The van der Waals surface area contributed by atoms with E-state index in [1.54, 1.807) is 36.7 Å². The molecule has 2 heterocycles. The fourth-order valence-electron chi connectivity index (χ4n) is 3.50. The molecule has 0 spiro atoms. The first kappa shape index (κ1) is 22.5. The van der Waals surface area contributed by atoms with Crippen LogP contribution in [0, 0.1) is 6.92 Å². The molecular formula is C24H25N5O3S. The number of nitrogens with zero attached hydrogens (tertiary/aromatic N) is 3. The van der Waals surface area contributed by atoms with Crippen molar-refractivity contribution < 1.29 is 13.2 Å². The van der Waals surface area contributed by atoms with Gasteiger partial charge in [0.15, 0.2) is 0 Å². The predicted octanol–water partition coefficient (Wildman–Crippen LogP) is 4.92. The Balaban J connectivity index is 1.77. The number of hydrogen-bond donors (Lipinski definition) is 2. The van der Waals surface area contributed by atoms with Crippen molar-refractivity contribution in [2.24, 2.45) is 0 Å². The molecule has 0 fully saturated rings. The van der Waals surface area contributed by atoms with E-state index in [-0.39, 0.29) is 11.7 Å². The lowest BCUT2D eigenvalue weighted by molar-refractivity contribution is 0.466. The Hall–Kier alpha value is -3.72. The van der Waals surface area contributed by atoms with Crippen molar-refractivity contribution in [3.05, 3.63) is 66.5 Å². The van der Waals surface area contributed by atoms with Crippen molar-refractivity contribution in [1.82, 2.24) is 15.0 Å². The van der Waals surface area contributed by atoms with Crippen LogP contribution >= 0.6 is 0 Å². The summed E-state index contributed by atoms with van der Waals surface area (Å²) in [4.78, 5) is 12.6. The maximum Gasteiger partial charge on any atom is 0.232 e. The van der Waals surface area contributed by atoms with Crippen molar-refractivity contribution in [2.45, 2.75) is 26.7 Å². The van der Waals surface area contributed by atoms with Gasteiger partial charge in [0, 0.05) is 23.2 Å². The van der Waals surface area contributed by atoms with E-state index in [1.807, 2.05) is 38.1 Å². The maximum atomic E-state index is 12.5. The van der Waals surface area contributed by atoms with Gasteiger partial charge < -0.3 is 10.5 Å². The Morgan fingerprint density at radius 2 is 1.85 bits per heavy atom. The Bertz CT molecular complexity index is 1410. The molecule has 2 aromatic carbocycles. The average molecular weight is 464 g/mol. The predicted molar refractivity (Wildman–Crippen MR) is 131 cm³/mol. The summed E-state index contributed by atoms with van der Waals surface area (Å²) in [5.74, 6) is 1.18. The van der Waals surface area contributed by atoms with Gasteiger partial charge in [-0.2, -0.15) is 0 Å². The average Bonchev–Trinajstić information content (AvgIpc) is 2.80. The zero-order valence-corrected chi connectivity index (χ0v) is 19.3. The van der Waals surface area contributed by atoms with Crippen LogP contribution in [0.3, 0.4) is 0 Å². The van der Waals surface area contributed by atoms with Crippen LogP contribution in [0.15, 0.2) is 60.9 Å². The number of aromatic nitrogens is 3. The summed E-state index contributed by atoms with van der Waals surface area (Å²) in [5.41, 5.74) is 8.41. The van der Waals surface area contributed by atoms with Gasteiger partial charge in [-0.3, -0.25) is 4.72 Å². The topological polar surface area (TPSA) is 120 Å². The molecule has 0 aliphatic heterocycles. The molecule has 0 unspecified atom stereocenters. The maximum absolute atomic E-state index is 12.5. The minimum absolute atomic E-state index is 0.0778. The van der Waals surface area contributed by atoms with Crippen LogP contribution < -0.4 is 15.2 Å². The number of pyridine rings is 1. The van der Waals surface area contributed by atoms with Gasteiger partial charge >= 0.3 is 0 Å². The van der Waals surface area contributed by atoms with Crippen LogP contribution in [0.2, 0.25) is 0 Å². The van der Waals surface area contributed by atoms with Crippen molar-refractivity contribution in [1.29, 1.82) is 0 Å². The fourth-order valence-corrected chi connectivity index (χ4v) is 4.79. The smallest absolute Gasteiger partial charge is 0.232 e. The molecule has 0 atom stereocenters. The van der Waals surface area contributed by atoms with E-state index in [0.29, 0.717) is 35.0 Å². The fraction of sp³-hybridized carbons (Fsp3) is 0.208. The number of aryl methyl sites for hydroxylation is 1. The van der Waals surface area contributed by atoms with E-state index in [0.717, 1.165) is 22.8 Å². The minimum Gasteiger partial charge on any atom is -0.437 e. The van der Waals surface area contributed by atoms with Gasteiger partial charge in [-0.15, -0.1) is 0 Å². The van der Waals surface area contributed by atoms with Gasteiger partial charge in [-0.1, -0.05) is 37.6 Å². The largest absolute Gasteiger partial charge is 0.437 e. The van der Waals surface area contributed by atoms with Gasteiger partial charge in [-0.05, 0) is 43.2 Å². The number of anilines is 2. The third kappa shape index (κ3) is 5.04. The summed E-state index contributed by atoms with van der Waals surface area (Å²) in [6.45, 7) is 3.89. The van der Waals surface area contributed by atoms with Crippen LogP contribution in [0.4, 0.5) is 11.6 Å². The monoisotopic (exact) mass is 463 g/mol. The van der Waals surface area contributed by atoms with Gasteiger partial charge in [0.2, 0.25) is 21.9 Å². The lowest BCUT2D eigenvalue weighted by Crippen LogP contribution is -2.16. The lowest BCUT2D eigenvalue weighted by atomic mass is 10.0. The molecule has 4 rings (SSSR count). The number of hydrogen-bond acceptors (Lipinski definition) is 7. The molecule has 0 saturated carbocycles. The Kier molecular flexibility index (Phi) is 6.41. The summed E-state index contributed by atoms with van der Waals surface area (Å²) in [5, 5.41) is 1.51. The minimum atomic E-state index is -3.45. The first-order chi connectivity index (χ1) is 15.9. The highest BCUT2D eigenvalue weighted by molar-refractivity contribution is 7.92. The second kappa shape index (κ2) is 9.41. The van der Waals surface area contributed by atoms with Gasteiger partial charge in [0.25, 0.3) is 0 Å². The number of nitrogen functional groups attached to an aromatic ring is 1. The third-order valence-electron chi connectivity index (χ3n) is 5.16. The molecule has 0 aliphatic rings. The summed E-state index contributed by atoms with van der Waals surface area (Å²) in [6.07, 6.45) is 4.62. The molecule has 2 aromatic heterocycles. The lowest BCUT2D eigenvalue weighted by Gasteiger charge is -2.16. The van der Waals surface area contributed by atoms with Crippen molar-refractivity contribution in [3.63, 3.8) is 0 Å². The van der Waals surface area contributed by atoms with Crippen LogP contribution in [0.1, 0.15) is 25.3 Å². The number of nitrogens with one attached hydrogen (secondary N) is 1. The number of benzene rings is 2. The molecule has 0 aliphatic carbocycles. The van der Waals surface area contributed by atoms with Crippen LogP contribution in [-0.4, -0.2) is 29.1 Å². The number of sulfonamides is 1. The number of rotatable bonds is 8. The number of fused-ring (bicyclic) bond motifs is 1. The van der Waals surface area contributed by atoms with E-state index in [1.165, 1.54) is 0 Å². The molecule has 8 nitrogen and oxygen atoms in total. The van der Waals surface area contributed by atoms with E-state index >= 15 is 0 Å². The molecule has 170 valence electrons. The second-order valence-electron chi connectivity index (χ2n) is 7.65. The molecule has 0 saturated heterocycles. The van der Waals surface area contributed by atoms with Gasteiger partial charge in [-0.25, -0.2) is 23.4 Å². The third-order valence-corrected chi connectivity index (χ3v) is 6.52. The van der Waals surface area contributed by atoms with Crippen LogP contribution in [-0.2, 0) is 10.0 Å². The van der Waals surface area contributed by atoms with E-state index in [2.05, 4.69) is 19.7 Å². The highest BCUT2D eigenvalue weighted by Gasteiger charge is 2.17. The highest BCUT2D eigenvalue weighted by atomic mass is 32.2. The zero-order valence-electron chi connectivity index (χ0n) is 18.4. The first-order valence-electron chi connectivity index (χ1n) is 10.6. The first-order valence-corrected chi connectivity index (χ1v) is 12.3. The van der Waals surface area contributed by atoms with Gasteiger partial charge in [0.05, 0.1) is 22.7 Å². The summed E-state index contributed by atoms with van der Waals surface area (Å²) in [6, 6.07) is 14.6. The van der Waals surface area contributed by atoms with E-state index in [9.17, 15) is 8.42 Å². The molecule has 0 radical (unpaired) electrons. The van der Waals surface area contributed by atoms with Crippen molar-refractivity contribution >= 4 is 32.4 Å². The van der Waals surface area contributed by atoms with E-state index in [4.69, 9.17) is 10.5 Å². The van der Waals surface area contributed by atoms with E-state index < -0.39 is 10.0 Å². The molecule has 4 aromatic rings. The Labute approximate surface area is 192 Å². The number of ether oxygens (including phenoxy) is 1. The SMILES string of the molecule is CCCCS(=O)(=O)Nc1cccc2c(Oc3ncccc3-c3ccnc(N)n3)c(C)ccc12. The number of nitrogens with two attached hydrogens (primary N) is 1. The quantitative estimate of drug-likeness (QED) is 0.381. The molecule has 0 amide bonds. The molecular weight excluding hydrogens is 438 g/mol. The van der Waals surface area contributed by atoms with Crippen LogP contribution in [0.5, 0.6) is 11.6 Å².